The summed E-state index contributed by atoms with van der Waals surface area (Å²) in [5.41, 5.74) is 0.338. The maximum atomic E-state index is 9.74. The number of hydrogen-bond donors (Lipinski definition) is 2. The molecule has 2 N–H and O–H groups in total. The molecule has 0 aromatic heterocycles. The normalized spacial score (nSPS) is 11.2. The van der Waals surface area contributed by atoms with E-state index in [1.165, 1.54) is 0 Å². The second-order valence-corrected chi connectivity index (χ2v) is 4.12. The first-order valence-electron chi connectivity index (χ1n) is 4.37. The van der Waals surface area contributed by atoms with Gasteiger partial charge in [-0.15, -0.1) is 0 Å². The van der Waals surface area contributed by atoms with Gasteiger partial charge in [-0.05, 0) is 24.9 Å². The molecule has 0 bridgehead atoms. The van der Waals surface area contributed by atoms with Crippen LogP contribution in [0.2, 0.25) is 0 Å². The lowest BCUT2D eigenvalue weighted by Crippen LogP contribution is -2.29. The minimum absolute atomic E-state index is 0.338. The zero-order chi connectivity index (χ0) is 9.45. The molecule has 0 saturated carbocycles. The topological polar surface area (TPSA) is 41.1 Å². The molecular weight excluding hydrogens is 152 g/mol. The van der Waals surface area contributed by atoms with Gasteiger partial charge in [-0.25, -0.2) is 0 Å². The highest BCUT2D eigenvalue weighted by Crippen LogP contribution is 2.09. The first-order chi connectivity index (χ1) is 5.56. The zero-order valence-electron chi connectivity index (χ0n) is 8.24. The van der Waals surface area contributed by atoms with Crippen molar-refractivity contribution in [3.05, 3.63) is 0 Å². The standard InChI is InChI=1S/C9H19N2O/c1-9(2,3)7-10-5-4-6-11-8-12/h10H,4-7H2,1-3H3,(H,11,12). The van der Waals surface area contributed by atoms with Gasteiger partial charge in [-0.2, -0.15) is 0 Å². The van der Waals surface area contributed by atoms with Crippen molar-refractivity contribution in [3.63, 3.8) is 0 Å². The average Bonchev–Trinajstić information content (AvgIpc) is 1.94. The van der Waals surface area contributed by atoms with Crippen molar-refractivity contribution in [3.8, 4) is 0 Å². The van der Waals surface area contributed by atoms with Gasteiger partial charge in [0.05, 0.1) is 0 Å². The monoisotopic (exact) mass is 171 g/mol. The van der Waals surface area contributed by atoms with Crippen LogP contribution in [-0.4, -0.2) is 26.0 Å². The molecule has 0 spiro atoms. The van der Waals surface area contributed by atoms with Crippen LogP contribution in [0.15, 0.2) is 0 Å². The molecule has 0 aliphatic carbocycles. The van der Waals surface area contributed by atoms with Gasteiger partial charge < -0.3 is 10.6 Å². The van der Waals surface area contributed by atoms with E-state index in [-0.39, 0.29) is 0 Å². The maximum Gasteiger partial charge on any atom is 0.309 e. The molecule has 1 radical (unpaired) electrons. The van der Waals surface area contributed by atoms with Crippen molar-refractivity contribution in [1.82, 2.24) is 10.6 Å². The molecule has 0 atom stereocenters. The van der Waals surface area contributed by atoms with Gasteiger partial charge in [0, 0.05) is 6.54 Å². The van der Waals surface area contributed by atoms with Crippen molar-refractivity contribution in [1.29, 1.82) is 0 Å². The molecule has 0 fully saturated rings. The third-order valence-electron chi connectivity index (χ3n) is 1.38. The largest absolute Gasteiger partial charge is 0.348 e. The molecule has 1 amide bonds. The lowest BCUT2D eigenvalue weighted by atomic mass is 9.97. The molecular formula is C9H19N2O. The molecule has 12 heavy (non-hydrogen) atoms. The molecule has 3 nitrogen and oxygen atoms in total. The summed E-state index contributed by atoms with van der Waals surface area (Å²) in [5.74, 6) is 0. The minimum atomic E-state index is 0.338. The minimum Gasteiger partial charge on any atom is -0.348 e. The quantitative estimate of drug-likeness (QED) is 0.455. The van der Waals surface area contributed by atoms with E-state index in [9.17, 15) is 4.79 Å². The fraction of sp³-hybridized carbons (Fsp3) is 0.889. The summed E-state index contributed by atoms with van der Waals surface area (Å²) in [6, 6.07) is 0. The van der Waals surface area contributed by atoms with E-state index >= 15 is 0 Å². The van der Waals surface area contributed by atoms with Crippen LogP contribution in [0.3, 0.4) is 0 Å². The Morgan fingerprint density at radius 2 is 1.92 bits per heavy atom. The summed E-state index contributed by atoms with van der Waals surface area (Å²) >= 11 is 0. The van der Waals surface area contributed by atoms with E-state index < -0.39 is 0 Å². The van der Waals surface area contributed by atoms with Crippen LogP contribution in [0.25, 0.3) is 0 Å². The van der Waals surface area contributed by atoms with Gasteiger partial charge in [0.15, 0.2) is 0 Å². The van der Waals surface area contributed by atoms with Gasteiger partial charge in [-0.3, -0.25) is 4.79 Å². The Hall–Kier alpha value is -0.570. The Morgan fingerprint density at radius 3 is 2.42 bits per heavy atom. The highest BCUT2D eigenvalue weighted by atomic mass is 16.1. The van der Waals surface area contributed by atoms with E-state index in [0.29, 0.717) is 12.0 Å². The predicted molar refractivity (Wildman–Crippen MR) is 50.6 cm³/mol. The third kappa shape index (κ3) is 9.43. The molecule has 0 aromatic rings. The first kappa shape index (κ1) is 11.4. The SMILES string of the molecule is CC(C)(C)CNCCCN[C]=O. The van der Waals surface area contributed by atoms with Crippen LogP contribution in [0, 0.1) is 5.41 Å². The lowest BCUT2D eigenvalue weighted by molar-refractivity contribution is 0.379. The molecule has 0 aliphatic heterocycles. The molecule has 0 heterocycles. The summed E-state index contributed by atoms with van der Waals surface area (Å²) in [6.45, 7) is 9.25. The smallest absolute Gasteiger partial charge is 0.309 e. The predicted octanol–water partition coefficient (Wildman–Crippen LogP) is 0.669. The Bertz CT molecular complexity index is 118. The van der Waals surface area contributed by atoms with Gasteiger partial charge >= 0.3 is 6.41 Å². The number of rotatable bonds is 6. The van der Waals surface area contributed by atoms with Crippen molar-refractivity contribution in [2.75, 3.05) is 19.6 Å². The summed E-state index contributed by atoms with van der Waals surface area (Å²) in [7, 11) is 0. The zero-order valence-corrected chi connectivity index (χ0v) is 8.24. The van der Waals surface area contributed by atoms with Crippen LogP contribution in [0.1, 0.15) is 27.2 Å². The fourth-order valence-electron chi connectivity index (χ4n) is 0.816. The van der Waals surface area contributed by atoms with E-state index in [0.717, 1.165) is 19.5 Å². The van der Waals surface area contributed by atoms with E-state index in [4.69, 9.17) is 0 Å². The average molecular weight is 171 g/mol. The molecule has 0 saturated heterocycles. The summed E-state index contributed by atoms with van der Waals surface area (Å²) < 4.78 is 0. The second-order valence-electron chi connectivity index (χ2n) is 4.12. The van der Waals surface area contributed by atoms with E-state index in [1.807, 2.05) is 0 Å². The molecule has 0 aromatic carbocycles. The van der Waals surface area contributed by atoms with Crippen molar-refractivity contribution < 1.29 is 4.79 Å². The maximum absolute atomic E-state index is 9.74. The van der Waals surface area contributed by atoms with Crippen LogP contribution in [0.5, 0.6) is 0 Å². The third-order valence-corrected chi connectivity index (χ3v) is 1.38. The summed E-state index contributed by atoms with van der Waals surface area (Å²) in [4.78, 5) is 9.74. The van der Waals surface area contributed by atoms with Gasteiger partial charge in [0.1, 0.15) is 0 Å². The fourth-order valence-corrected chi connectivity index (χ4v) is 0.816. The molecule has 0 rings (SSSR count). The first-order valence-corrected chi connectivity index (χ1v) is 4.37. The van der Waals surface area contributed by atoms with Crippen molar-refractivity contribution in [2.45, 2.75) is 27.2 Å². The van der Waals surface area contributed by atoms with Crippen molar-refractivity contribution in [2.24, 2.45) is 5.41 Å². The van der Waals surface area contributed by atoms with E-state index in [1.54, 1.807) is 6.41 Å². The molecule has 0 aliphatic rings. The molecule has 71 valence electrons. The number of nitrogens with one attached hydrogen (secondary N) is 2. The van der Waals surface area contributed by atoms with Crippen LogP contribution >= 0.6 is 0 Å². The van der Waals surface area contributed by atoms with Crippen LogP contribution in [0.4, 0.5) is 0 Å². The van der Waals surface area contributed by atoms with Crippen LogP contribution in [-0.2, 0) is 4.79 Å². The highest BCUT2D eigenvalue weighted by Gasteiger charge is 2.07. The second kappa shape index (κ2) is 6.00. The van der Waals surface area contributed by atoms with Crippen molar-refractivity contribution >= 4 is 6.41 Å². The Morgan fingerprint density at radius 1 is 1.25 bits per heavy atom. The summed E-state index contributed by atoms with van der Waals surface area (Å²) in [5, 5.41) is 5.81. The summed E-state index contributed by atoms with van der Waals surface area (Å²) in [6.07, 6.45) is 2.61. The molecule has 3 heteroatoms. The van der Waals surface area contributed by atoms with Gasteiger partial charge in [0.2, 0.25) is 0 Å². The number of carbonyl (C=O) groups excluding carboxylic acids is 1. The Kier molecular flexibility index (Phi) is 5.72. The Labute approximate surface area is 74.9 Å². The number of amides is 1. The van der Waals surface area contributed by atoms with Gasteiger partial charge in [-0.1, -0.05) is 20.8 Å². The highest BCUT2D eigenvalue weighted by molar-refractivity contribution is 5.46. The Balaban J connectivity index is 3.06. The number of hydrogen-bond acceptors (Lipinski definition) is 2. The lowest BCUT2D eigenvalue weighted by Gasteiger charge is -2.18. The van der Waals surface area contributed by atoms with Crippen LogP contribution < -0.4 is 10.6 Å². The van der Waals surface area contributed by atoms with E-state index in [2.05, 4.69) is 31.4 Å². The molecule has 0 unspecified atom stereocenters. The van der Waals surface area contributed by atoms with Gasteiger partial charge in [0.25, 0.3) is 0 Å².